The average Bonchev–Trinajstić information content (AvgIpc) is 2.73. The normalized spacial score (nSPS) is 14.9. The summed E-state index contributed by atoms with van der Waals surface area (Å²) in [5, 5.41) is 3.94. The molecule has 9 heteroatoms. The molecule has 2 aromatic carbocycles. The van der Waals surface area contributed by atoms with Gasteiger partial charge in [-0.25, -0.2) is 5.43 Å². The second kappa shape index (κ2) is 8.96. The first-order chi connectivity index (χ1) is 14.0. The first-order valence-corrected chi connectivity index (χ1v) is 8.67. The quantitative estimate of drug-likeness (QED) is 0.342. The molecule has 0 saturated heterocycles. The van der Waals surface area contributed by atoms with Gasteiger partial charge in [-0.15, -0.1) is 0 Å². The fraction of sp³-hybridized carbons (Fsp3) is 0.250. The van der Waals surface area contributed by atoms with E-state index in [1.807, 2.05) is 6.07 Å². The standard InChI is InChI=1S/C20H20N2O7/c1-12(23)28-19-16(25-2)8-13(9-17(19)26-3)10-21-22-20(24)18-11-27-14-6-4-5-7-15(14)29-18/h4-10,18H,11H2,1-3H3,(H,22,24)/b21-10-/t18-/m1/s1. The van der Waals surface area contributed by atoms with E-state index in [0.717, 1.165) is 0 Å². The number of para-hydroxylation sites is 2. The number of carbonyl (C=O) groups excluding carboxylic acids is 2. The van der Waals surface area contributed by atoms with E-state index in [1.165, 1.54) is 27.4 Å². The van der Waals surface area contributed by atoms with Crippen LogP contribution in [0.1, 0.15) is 12.5 Å². The smallest absolute Gasteiger partial charge is 0.308 e. The number of hydrogen-bond acceptors (Lipinski definition) is 8. The lowest BCUT2D eigenvalue weighted by Gasteiger charge is -2.24. The molecule has 29 heavy (non-hydrogen) atoms. The van der Waals surface area contributed by atoms with Crippen molar-refractivity contribution in [2.45, 2.75) is 13.0 Å². The van der Waals surface area contributed by atoms with Crippen LogP contribution in [0.25, 0.3) is 0 Å². The third-order valence-electron chi connectivity index (χ3n) is 3.92. The van der Waals surface area contributed by atoms with Crippen LogP contribution in [0.5, 0.6) is 28.7 Å². The lowest BCUT2D eigenvalue weighted by Crippen LogP contribution is -2.42. The van der Waals surface area contributed by atoms with E-state index in [1.54, 1.807) is 30.3 Å². The highest BCUT2D eigenvalue weighted by molar-refractivity contribution is 5.86. The molecule has 0 bridgehead atoms. The van der Waals surface area contributed by atoms with Crippen molar-refractivity contribution < 1.29 is 33.3 Å². The molecule has 0 aliphatic carbocycles. The number of rotatable bonds is 6. The first-order valence-electron chi connectivity index (χ1n) is 8.67. The van der Waals surface area contributed by atoms with E-state index in [9.17, 15) is 9.59 Å². The number of carbonyl (C=O) groups is 2. The van der Waals surface area contributed by atoms with Gasteiger partial charge in [0.1, 0.15) is 6.61 Å². The van der Waals surface area contributed by atoms with Crippen molar-refractivity contribution in [3.05, 3.63) is 42.0 Å². The molecule has 0 fully saturated rings. The molecule has 0 spiro atoms. The van der Waals surface area contributed by atoms with E-state index in [2.05, 4.69) is 10.5 Å². The summed E-state index contributed by atoms with van der Waals surface area (Å²) in [6.07, 6.45) is 0.579. The number of esters is 1. The Kier molecular flexibility index (Phi) is 6.18. The van der Waals surface area contributed by atoms with Crippen molar-refractivity contribution >= 4 is 18.1 Å². The Morgan fingerprint density at radius 2 is 1.79 bits per heavy atom. The Morgan fingerprint density at radius 1 is 1.14 bits per heavy atom. The summed E-state index contributed by atoms with van der Waals surface area (Å²) in [7, 11) is 2.87. The maximum Gasteiger partial charge on any atom is 0.308 e. The van der Waals surface area contributed by atoms with Gasteiger partial charge in [-0.3, -0.25) is 9.59 Å². The SMILES string of the molecule is COc1cc(/C=N\NC(=O)[C@H]2COc3ccccc3O2)cc(OC)c1OC(C)=O. The number of nitrogens with one attached hydrogen (secondary N) is 1. The van der Waals surface area contributed by atoms with Gasteiger partial charge in [0.2, 0.25) is 11.9 Å². The Hall–Kier alpha value is -3.75. The monoisotopic (exact) mass is 400 g/mol. The Balaban J connectivity index is 1.68. The fourth-order valence-corrected chi connectivity index (χ4v) is 2.61. The topological polar surface area (TPSA) is 105 Å². The lowest BCUT2D eigenvalue weighted by atomic mass is 10.2. The number of ether oxygens (including phenoxy) is 5. The van der Waals surface area contributed by atoms with Crippen molar-refractivity contribution in [1.29, 1.82) is 0 Å². The summed E-state index contributed by atoms with van der Waals surface area (Å²) in [6.45, 7) is 1.36. The van der Waals surface area contributed by atoms with Gasteiger partial charge in [-0.2, -0.15) is 5.10 Å². The van der Waals surface area contributed by atoms with E-state index in [4.69, 9.17) is 23.7 Å². The zero-order chi connectivity index (χ0) is 20.8. The largest absolute Gasteiger partial charge is 0.493 e. The van der Waals surface area contributed by atoms with E-state index in [0.29, 0.717) is 17.1 Å². The van der Waals surface area contributed by atoms with Crippen LogP contribution >= 0.6 is 0 Å². The van der Waals surface area contributed by atoms with Crippen molar-refractivity contribution in [3.8, 4) is 28.7 Å². The third kappa shape index (κ3) is 4.75. The van der Waals surface area contributed by atoms with Crippen LogP contribution in [0.15, 0.2) is 41.5 Å². The highest BCUT2D eigenvalue weighted by atomic mass is 16.6. The predicted octanol–water partition coefficient (Wildman–Crippen LogP) is 1.92. The van der Waals surface area contributed by atoms with E-state index < -0.39 is 18.0 Å². The second-order valence-corrected chi connectivity index (χ2v) is 5.95. The minimum atomic E-state index is -0.822. The van der Waals surface area contributed by atoms with Gasteiger partial charge in [0, 0.05) is 12.5 Å². The van der Waals surface area contributed by atoms with E-state index >= 15 is 0 Å². The van der Waals surface area contributed by atoms with Gasteiger partial charge in [-0.1, -0.05) is 12.1 Å². The summed E-state index contributed by atoms with van der Waals surface area (Å²) in [4.78, 5) is 23.6. The molecule has 9 nitrogen and oxygen atoms in total. The van der Waals surface area contributed by atoms with Gasteiger partial charge in [0.25, 0.3) is 5.91 Å². The molecular formula is C20H20N2O7. The minimum Gasteiger partial charge on any atom is -0.493 e. The van der Waals surface area contributed by atoms with Crippen molar-refractivity contribution in [3.63, 3.8) is 0 Å². The molecule has 1 aliphatic heterocycles. The molecule has 2 aromatic rings. The molecule has 0 unspecified atom stereocenters. The van der Waals surface area contributed by atoms with Crippen LogP contribution in [0, 0.1) is 0 Å². The molecule has 0 aromatic heterocycles. The number of amides is 1. The molecule has 152 valence electrons. The maximum atomic E-state index is 12.3. The van der Waals surface area contributed by atoms with Gasteiger partial charge >= 0.3 is 5.97 Å². The lowest BCUT2D eigenvalue weighted by molar-refractivity contribution is -0.132. The second-order valence-electron chi connectivity index (χ2n) is 5.95. The molecule has 0 saturated carbocycles. The number of hydrogen-bond donors (Lipinski definition) is 1. The van der Waals surface area contributed by atoms with Crippen LogP contribution in [-0.2, 0) is 9.59 Å². The van der Waals surface area contributed by atoms with Crippen molar-refractivity contribution in [2.75, 3.05) is 20.8 Å². The maximum absolute atomic E-state index is 12.3. The predicted molar refractivity (Wildman–Crippen MR) is 103 cm³/mol. The third-order valence-corrected chi connectivity index (χ3v) is 3.92. The fourth-order valence-electron chi connectivity index (χ4n) is 2.61. The van der Waals surface area contributed by atoms with Gasteiger partial charge < -0.3 is 23.7 Å². The molecule has 1 amide bonds. The first kappa shape index (κ1) is 20.0. The summed E-state index contributed by atoms with van der Waals surface area (Å²) in [6, 6.07) is 10.3. The number of methoxy groups -OCH3 is 2. The van der Waals surface area contributed by atoms with Crippen molar-refractivity contribution in [1.82, 2.24) is 5.43 Å². The number of nitrogens with zero attached hydrogens (tertiary/aromatic N) is 1. The summed E-state index contributed by atoms with van der Waals surface area (Å²) >= 11 is 0. The molecule has 1 heterocycles. The minimum absolute atomic E-state index is 0.0805. The summed E-state index contributed by atoms with van der Waals surface area (Å²) < 4.78 is 26.8. The highest BCUT2D eigenvalue weighted by Crippen LogP contribution is 2.38. The zero-order valence-corrected chi connectivity index (χ0v) is 16.1. The Morgan fingerprint density at radius 3 is 2.41 bits per heavy atom. The number of fused-ring (bicyclic) bond motifs is 1. The van der Waals surface area contributed by atoms with Crippen molar-refractivity contribution in [2.24, 2.45) is 5.10 Å². The molecular weight excluding hydrogens is 380 g/mol. The van der Waals surface area contributed by atoms with Crippen LogP contribution in [-0.4, -0.2) is 45.0 Å². The Bertz CT molecular complexity index is 917. The summed E-state index contributed by atoms with van der Waals surface area (Å²) in [5.41, 5.74) is 2.97. The van der Waals surface area contributed by atoms with E-state index in [-0.39, 0.29) is 23.9 Å². The summed E-state index contributed by atoms with van der Waals surface area (Å²) in [5.74, 6) is 0.860. The molecule has 1 aliphatic rings. The van der Waals surface area contributed by atoms with Gasteiger partial charge in [0.15, 0.2) is 23.0 Å². The number of benzene rings is 2. The van der Waals surface area contributed by atoms with Crippen LogP contribution in [0.4, 0.5) is 0 Å². The molecule has 1 atom stereocenters. The molecule has 1 N–H and O–H groups in total. The van der Waals surface area contributed by atoms with Gasteiger partial charge in [0.05, 0.1) is 20.4 Å². The van der Waals surface area contributed by atoms with Crippen LogP contribution in [0.2, 0.25) is 0 Å². The number of hydrazone groups is 1. The van der Waals surface area contributed by atoms with Gasteiger partial charge in [-0.05, 0) is 24.3 Å². The van der Waals surface area contributed by atoms with Crippen LogP contribution < -0.4 is 29.1 Å². The zero-order valence-electron chi connectivity index (χ0n) is 16.1. The van der Waals surface area contributed by atoms with Crippen LogP contribution in [0.3, 0.4) is 0 Å². The highest BCUT2D eigenvalue weighted by Gasteiger charge is 2.27. The average molecular weight is 400 g/mol. The Labute approximate surface area is 167 Å². The molecule has 0 radical (unpaired) electrons. The molecule has 3 rings (SSSR count).